The molecular weight excluding hydrogens is 390 g/mol. The second-order valence-electron chi connectivity index (χ2n) is 7.02. The molecule has 0 unspecified atom stereocenters. The Balaban J connectivity index is 1.63. The normalized spacial score (nSPS) is 12.9. The molecular formula is C23H18F2N2O3. The van der Waals surface area contributed by atoms with Crippen molar-refractivity contribution in [3.8, 4) is 11.5 Å². The Labute approximate surface area is 171 Å². The highest BCUT2D eigenvalue weighted by Gasteiger charge is 2.25. The molecule has 0 fully saturated rings. The maximum Gasteiger partial charge on any atom is 0.254 e. The van der Waals surface area contributed by atoms with Gasteiger partial charge < -0.3 is 15.0 Å². The first-order valence-corrected chi connectivity index (χ1v) is 9.29. The fourth-order valence-corrected chi connectivity index (χ4v) is 3.44. The average Bonchev–Trinajstić information content (AvgIpc) is 2.72. The number of nitrogens with zero attached hydrogens (tertiary/aromatic N) is 1. The molecule has 0 bridgehead atoms. The molecule has 0 atom stereocenters. The summed E-state index contributed by atoms with van der Waals surface area (Å²) in [4.78, 5) is 25.1. The quantitative estimate of drug-likeness (QED) is 0.628. The molecule has 3 aromatic rings. The molecule has 152 valence electrons. The molecule has 7 heteroatoms. The molecule has 1 N–H and O–H groups in total. The molecule has 1 aliphatic heterocycles. The van der Waals surface area contributed by atoms with Crippen molar-refractivity contribution in [1.29, 1.82) is 0 Å². The van der Waals surface area contributed by atoms with Gasteiger partial charge >= 0.3 is 0 Å². The maximum atomic E-state index is 14.3. The van der Waals surface area contributed by atoms with E-state index >= 15 is 0 Å². The first-order valence-electron chi connectivity index (χ1n) is 9.29. The number of aryl methyl sites for hydroxylation is 1. The summed E-state index contributed by atoms with van der Waals surface area (Å²) >= 11 is 0. The van der Waals surface area contributed by atoms with Crippen molar-refractivity contribution in [1.82, 2.24) is 5.32 Å². The van der Waals surface area contributed by atoms with Crippen molar-refractivity contribution in [2.75, 3.05) is 11.6 Å². The summed E-state index contributed by atoms with van der Waals surface area (Å²) in [7, 11) is 0. The lowest BCUT2D eigenvalue weighted by molar-refractivity contribution is 0.0946. The van der Waals surface area contributed by atoms with E-state index in [-0.39, 0.29) is 19.1 Å². The van der Waals surface area contributed by atoms with Gasteiger partial charge in [0.1, 0.15) is 29.4 Å². The van der Waals surface area contributed by atoms with Crippen LogP contribution in [0.5, 0.6) is 11.5 Å². The van der Waals surface area contributed by atoms with E-state index in [4.69, 9.17) is 4.74 Å². The van der Waals surface area contributed by atoms with E-state index in [9.17, 15) is 18.4 Å². The van der Waals surface area contributed by atoms with Crippen LogP contribution in [0.25, 0.3) is 0 Å². The fraction of sp³-hybridized carbons (Fsp3) is 0.130. The summed E-state index contributed by atoms with van der Waals surface area (Å²) in [5.74, 6) is -0.623. The van der Waals surface area contributed by atoms with Crippen LogP contribution >= 0.6 is 0 Å². The molecule has 1 aliphatic rings. The van der Waals surface area contributed by atoms with Crippen LogP contribution in [-0.2, 0) is 6.54 Å². The number of hydrogen-bond donors (Lipinski definition) is 1. The molecule has 0 aliphatic carbocycles. The number of aldehydes is 1. The Morgan fingerprint density at radius 3 is 2.67 bits per heavy atom. The largest absolute Gasteiger partial charge is 0.457 e. The van der Waals surface area contributed by atoms with Crippen molar-refractivity contribution in [3.05, 3.63) is 88.5 Å². The highest BCUT2D eigenvalue weighted by Crippen LogP contribution is 2.32. The molecule has 1 heterocycles. The maximum absolute atomic E-state index is 14.3. The number of benzene rings is 3. The van der Waals surface area contributed by atoms with Crippen molar-refractivity contribution in [2.45, 2.75) is 13.5 Å². The highest BCUT2D eigenvalue weighted by atomic mass is 19.1. The molecule has 30 heavy (non-hydrogen) atoms. The van der Waals surface area contributed by atoms with Crippen LogP contribution in [0.3, 0.4) is 0 Å². The molecule has 1 amide bonds. The Bertz CT molecular complexity index is 1120. The van der Waals surface area contributed by atoms with E-state index in [1.807, 2.05) is 0 Å². The second-order valence-corrected chi connectivity index (χ2v) is 7.02. The number of carbonyl (C=O) groups is 2. The molecule has 0 saturated heterocycles. The zero-order valence-electron chi connectivity index (χ0n) is 16.1. The van der Waals surface area contributed by atoms with E-state index in [1.165, 1.54) is 6.07 Å². The topological polar surface area (TPSA) is 58.6 Å². The number of hydrogen-bond acceptors (Lipinski definition) is 4. The van der Waals surface area contributed by atoms with Crippen molar-refractivity contribution < 1.29 is 23.1 Å². The molecule has 5 nitrogen and oxygen atoms in total. The zero-order chi connectivity index (χ0) is 21.3. The minimum atomic E-state index is -0.624. The minimum Gasteiger partial charge on any atom is -0.457 e. The molecule has 4 rings (SSSR count). The Hall–Kier alpha value is -3.74. The van der Waals surface area contributed by atoms with Crippen LogP contribution in [-0.4, -0.2) is 18.9 Å². The number of rotatable bonds is 5. The lowest BCUT2D eigenvalue weighted by Gasteiger charge is -2.32. The number of nitrogens with one attached hydrogen (secondary N) is 1. The molecule has 0 aromatic heterocycles. The standard InChI is InChI=1S/C23H18F2N2O3/c1-14-7-16(24)9-21(25)20(14)11-27-13-26-23(29)19-10-18(5-6-22(19)27)30-17-4-2-3-15(8-17)12-28/h2-10,12H,11,13H2,1H3,(H,26,29). The first kappa shape index (κ1) is 19.6. The van der Waals surface area contributed by atoms with Gasteiger partial charge in [-0.25, -0.2) is 8.78 Å². The molecule has 3 aromatic carbocycles. The number of halogens is 2. The minimum absolute atomic E-state index is 0.173. The third kappa shape index (κ3) is 3.87. The smallest absolute Gasteiger partial charge is 0.254 e. The predicted octanol–water partition coefficient (Wildman–Crippen LogP) is 4.59. The number of anilines is 1. The van der Waals surface area contributed by atoms with Crippen LogP contribution in [0.2, 0.25) is 0 Å². The monoisotopic (exact) mass is 408 g/mol. The van der Waals surface area contributed by atoms with Crippen LogP contribution in [0.1, 0.15) is 31.8 Å². The van der Waals surface area contributed by atoms with Crippen LogP contribution in [0, 0.1) is 18.6 Å². The van der Waals surface area contributed by atoms with Gasteiger partial charge in [0, 0.05) is 23.7 Å². The Kier molecular flexibility index (Phi) is 5.18. The van der Waals surface area contributed by atoms with Crippen molar-refractivity contribution in [3.63, 3.8) is 0 Å². The number of amides is 1. The van der Waals surface area contributed by atoms with Crippen LogP contribution < -0.4 is 15.0 Å². The van der Waals surface area contributed by atoms with Gasteiger partial charge in [-0.15, -0.1) is 0 Å². The third-order valence-electron chi connectivity index (χ3n) is 4.95. The SMILES string of the molecule is Cc1cc(F)cc(F)c1CN1CNC(=O)c2cc(Oc3cccc(C=O)c3)ccc21. The van der Waals surface area contributed by atoms with Gasteiger partial charge in [-0.1, -0.05) is 12.1 Å². The van der Waals surface area contributed by atoms with Crippen molar-refractivity contribution >= 4 is 17.9 Å². The highest BCUT2D eigenvalue weighted by molar-refractivity contribution is 6.02. The lowest BCUT2D eigenvalue weighted by Crippen LogP contribution is -2.43. The van der Waals surface area contributed by atoms with Gasteiger partial charge in [-0.3, -0.25) is 9.59 Å². The fourth-order valence-electron chi connectivity index (χ4n) is 3.44. The van der Waals surface area contributed by atoms with Crippen LogP contribution in [0.15, 0.2) is 54.6 Å². The second kappa shape index (κ2) is 7.94. The summed E-state index contributed by atoms with van der Waals surface area (Å²) in [5.41, 5.74) is 2.35. The van der Waals surface area contributed by atoms with Crippen molar-refractivity contribution in [2.24, 2.45) is 0 Å². The van der Waals surface area contributed by atoms with Crippen LogP contribution in [0.4, 0.5) is 14.5 Å². The molecule has 0 saturated carbocycles. The Morgan fingerprint density at radius 2 is 1.90 bits per heavy atom. The van der Waals surface area contributed by atoms with Gasteiger partial charge in [0.15, 0.2) is 0 Å². The summed E-state index contributed by atoms with van der Waals surface area (Å²) in [5, 5.41) is 2.76. The number of fused-ring (bicyclic) bond motifs is 1. The van der Waals surface area contributed by atoms with E-state index in [0.717, 1.165) is 12.4 Å². The average molecular weight is 408 g/mol. The zero-order valence-corrected chi connectivity index (χ0v) is 16.1. The number of carbonyl (C=O) groups excluding carboxylic acids is 2. The van der Waals surface area contributed by atoms with E-state index in [0.29, 0.717) is 39.4 Å². The van der Waals surface area contributed by atoms with Gasteiger partial charge in [0.25, 0.3) is 5.91 Å². The van der Waals surface area contributed by atoms with Gasteiger partial charge in [0.05, 0.1) is 17.9 Å². The molecule has 0 radical (unpaired) electrons. The third-order valence-corrected chi connectivity index (χ3v) is 4.95. The van der Waals surface area contributed by atoms with E-state index < -0.39 is 11.6 Å². The summed E-state index contributed by atoms with van der Waals surface area (Å²) in [6.07, 6.45) is 0.724. The van der Waals surface area contributed by atoms with Gasteiger partial charge in [-0.05, 0) is 48.9 Å². The van der Waals surface area contributed by atoms with E-state index in [2.05, 4.69) is 5.32 Å². The molecule has 0 spiro atoms. The van der Waals surface area contributed by atoms with E-state index in [1.54, 1.807) is 54.3 Å². The number of ether oxygens (including phenoxy) is 1. The summed E-state index contributed by atoms with van der Waals surface area (Å²) < 4.78 is 33.5. The first-order chi connectivity index (χ1) is 14.4. The predicted molar refractivity (Wildman–Crippen MR) is 108 cm³/mol. The van der Waals surface area contributed by atoms with Gasteiger partial charge in [0.2, 0.25) is 0 Å². The van der Waals surface area contributed by atoms with Gasteiger partial charge in [-0.2, -0.15) is 0 Å². The summed E-state index contributed by atoms with van der Waals surface area (Å²) in [6, 6.07) is 13.8. The summed E-state index contributed by atoms with van der Waals surface area (Å²) in [6.45, 7) is 2.02. The Morgan fingerprint density at radius 1 is 1.10 bits per heavy atom. The lowest BCUT2D eigenvalue weighted by atomic mass is 10.0.